The highest BCUT2D eigenvalue weighted by atomic mass is 35.5. The van der Waals surface area contributed by atoms with Crippen LogP contribution in [0.15, 0.2) is 36.5 Å². The van der Waals surface area contributed by atoms with Crippen LogP contribution in [0.3, 0.4) is 0 Å². The van der Waals surface area contributed by atoms with Crippen LogP contribution in [0.4, 0.5) is 8.78 Å². The first kappa shape index (κ1) is 12.5. The van der Waals surface area contributed by atoms with E-state index in [0.717, 1.165) is 29.3 Å². The minimum absolute atomic E-state index is 0.109. The quantitative estimate of drug-likeness (QED) is 0.633. The van der Waals surface area contributed by atoms with Crippen molar-refractivity contribution < 1.29 is 24.5 Å². The summed E-state index contributed by atoms with van der Waals surface area (Å²) >= 11 is 5.71. The van der Waals surface area contributed by atoms with Crippen molar-refractivity contribution in [3.05, 3.63) is 64.2 Å². The number of likely N-dealkylation sites (tertiary alicyclic amines) is 1. The van der Waals surface area contributed by atoms with Crippen LogP contribution >= 0.6 is 11.6 Å². The van der Waals surface area contributed by atoms with Crippen molar-refractivity contribution in [2.75, 3.05) is 13.0 Å². The van der Waals surface area contributed by atoms with E-state index in [4.69, 9.17) is 22.6 Å². The molecule has 1 aliphatic rings. The minimum atomic E-state index is -2.85. The Kier molecular flexibility index (Phi) is 4.02. The number of rotatable bonds is 6. The zero-order valence-electron chi connectivity index (χ0n) is 23.2. The van der Waals surface area contributed by atoms with Crippen LogP contribution in [0.5, 0.6) is 0 Å². The first-order chi connectivity index (χ1) is 16.3. The topological polar surface area (TPSA) is 33.2 Å². The van der Waals surface area contributed by atoms with E-state index in [-0.39, 0.29) is 21.8 Å². The van der Waals surface area contributed by atoms with E-state index in [0.29, 0.717) is 0 Å². The molecule has 1 atom stereocenters. The van der Waals surface area contributed by atoms with E-state index < -0.39 is 68.8 Å². The summed E-state index contributed by atoms with van der Waals surface area (Å²) in [5.41, 5.74) is -2.95. The molecule has 1 aromatic heterocycles. The monoisotopic (exact) mass is 414 g/mol. The maximum atomic E-state index is 16.0. The molecule has 0 saturated carbocycles. The van der Waals surface area contributed by atoms with Crippen LogP contribution in [-0.4, -0.2) is 34.5 Å². The molecule has 0 radical (unpaired) electrons. The molecule has 0 spiro atoms. The number of benzene rings is 1. The summed E-state index contributed by atoms with van der Waals surface area (Å²) < 4.78 is 94.8. The van der Waals surface area contributed by atoms with Crippen LogP contribution in [-0.2, 0) is 12.7 Å². The molecule has 0 N–H and O–H groups in total. The van der Waals surface area contributed by atoms with Crippen molar-refractivity contribution in [2.24, 2.45) is 0 Å². The van der Waals surface area contributed by atoms with Gasteiger partial charge in [-0.2, -0.15) is 0 Å². The molecule has 0 bridgehead atoms. The van der Waals surface area contributed by atoms with Gasteiger partial charge in [-0.15, -0.1) is 0 Å². The van der Waals surface area contributed by atoms with E-state index in [1.165, 1.54) is 19.1 Å². The summed E-state index contributed by atoms with van der Waals surface area (Å²) in [4.78, 5) is 17.5. The normalized spacial score (nSPS) is 27.2. The molecular weight excluding hydrogens is 382 g/mol. The summed E-state index contributed by atoms with van der Waals surface area (Å²) in [5, 5.41) is -0.339. The number of hydrogen-bond acceptors (Lipinski definition) is 2. The number of aryl methyl sites for hydroxylation is 2. The zero-order valence-corrected chi connectivity index (χ0v) is 16.0. The number of pyridine rings is 1. The summed E-state index contributed by atoms with van der Waals surface area (Å²) in [7, 11) is 0. The average Bonchev–Trinajstić information content (AvgIpc) is 2.73. The van der Waals surface area contributed by atoms with Gasteiger partial charge in [-0.3, -0.25) is 9.78 Å². The highest BCUT2D eigenvalue weighted by Crippen LogP contribution is 2.32. The van der Waals surface area contributed by atoms with Gasteiger partial charge in [-0.25, -0.2) is 8.78 Å². The second-order valence-electron chi connectivity index (χ2n) is 6.35. The second kappa shape index (κ2) is 8.99. The molecule has 1 unspecified atom stereocenters. The van der Waals surface area contributed by atoms with Gasteiger partial charge in [0.15, 0.2) is 0 Å². The third-order valence-electron chi connectivity index (χ3n) is 4.42. The molecule has 2 heterocycles. The minimum Gasteiger partial charge on any atom is -0.338 e. The van der Waals surface area contributed by atoms with Gasteiger partial charge >= 0.3 is 0 Å². The van der Waals surface area contributed by atoms with Crippen molar-refractivity contribution in [1.82, 2.24) is 9.88 Å². The van der Waals surface area contributed by atoms with Gasteiger partial charge in [0, 0.05) is 41.5 Å². The summed E-state index contributed by atoms with van der Waals surface area (Å²) in [6.07, 6.45) is -8.52. The molecular formula is C22H25ClF2N2O. The van der Waals surface area contributed by atoms with Crippen molar-refractivity contribution >= 4 is 17.5 Å². The Balaban J connectivity index is 1.80. The highest BCUT2D eigenvalue weighted by Gasteiger charge is 2.35. The Bertz CT molecular complexity index is 1140. The van der Waals surface area contributed by atoms with Crippen molar-refractivity contribution in [3.8, 4) is 0 Å². The number of carbonyl (C=O) groups excluding carboxylic acids is 1. The molecule has 1 fully saturated rings. The van der Waals surface area contributed by atoms with Gasteiger partial charge in [0.05, 0.1) is 5.02 Å². The van der Waals surface area contributed by atoms with Gasteiger partial charge in [0.2, 0.25) is 0 Å². The number of amides is 1. The maximum Gasteiger partial charge on any atom is 0.253 e. The lowest BCUT2D eigenvalue weighted by molar-refractivity contribution is 0.0389. The molecule has 1 aromatic carbocycles. The highest BCUT2D eigenvalue weighted by molar-refractivity contribution is 6.31. The van der Waals surface area contributed by atoms with E-state index in [2.05, 4.69) is 4.98 Å². The smallest absolute Gasteiger partial charge is 0.253 e. The van der Waals surface area contributed by atoms with E-state index in [1.807, 2.05) is 0 Å². The maximum absolute atomic E-state index is 16.0. The summed E-state index contributed by atoms with van der Waals surface area (Å²) in [5.74, 6) is -1.63. The number of carbonyl (C=O) groups is 1. The molecule has 1 amide bonds. The predicted molar refractivity (Wildman–Crippen MR) is 107 cm³/mol. The second-order valence-corrected chi connectivity index (χ2v) is 6.76. The number of alkyl halides is 1. The fourth-order valence-electron chi connectivity index (χ4n) is 2.73. The van der Waals surface area contributed by atoms with Gasteiger partial charge in [-0.05, 0) is 68.2 Å². The lowest BCUT2D eigenvalue weighted by atomic mass is 9.87. The Morgan fingerprint density at radius 2 is 2.21 bits per heavy atom. The fourth-order valence-corrected chi connectivity index (χ4v) is 2.91. The zero-order chi connectivity index (χ0) is 27.3. The third kappa shape index (κ3) is 5.07. The Morgan fingerprint density at radius 1 is 1.39 bits per heavy atom. The van der Waals surface area contributed by atoms with E-state index >= 15 is 4.39 Å². The third-order valence-corrected chi connectivity index (χ3v) is 4.71. The number of hydrogen-bond donors (Lipinski definition) is 0. The van der Waals surface area contributed by atoms with Crippen LogP contribution in [0.1, 0.15) is 65.1 Å². The summed E-state index contributed by atoms with van der Waals surface area (Å²) in [6.45, 7) is -1.82. The molecule has 6 heteroatoms. The summed E-state index contributed by atoms with van der Waals surface area (Å²) in [6, 6.07) is 5.64. The number of nitrogens with zero attached hydrogens (tertiary/aromatic N) is 2. The van der Waals surface area contributed by atoms with Gasteiger partial charge in [-0.1, -0.05) is 24.6 Å². The first-order valence-corrected chi connectivity index (χ1v) is 9.10. The van der Waals surface area contributed by atoms with Crippen molar-refractivity contribution in [3.63, 3.8) is 0 Å². The van der Waals surface area contributed by atoms with Gasteiger partial charge < -0.3 is 4.90 Å². The van der Waals surface area contributed by atoms with E-state index in [9.17, 15) is 9.18 Å². The van der Waals surface area contributed by atoms with Crippen LogP contribution < -0.4 is 0 Å². The Morgan fingerprint density at radius 3 is 2.86 bits per heavy atom. The van der Waals surface area contributed by atoms with Gasteiger partial charge in [0.25, 0.3) is 5.91 Å². The molecule has 1 saturated heterocycles. The average molecular weight is 415 g/mol. The largest absolute Gasteiger partial charge is 0.338 e. The van der Waals surface area contributed by atoms with Crippen LogP contribution in [0, 0.1) is 5.82 Å². The number of aromatic nitrogens is 1. The van der Waals surface area contributed by atoms with Gasteiger partial charge in [0.1, 0.15) is 11.5 Å². The number of halogens is 3. The van der Waals surface area contributed by atoms with Crippen molar-refractivity contribution in [2.45, 2.75) is 51.0 Å². The SMILES string of the molecule is [2H]C([2H])(C)c1ccc(C([2H])([2H])CC([2H])([2H])C2(F)CCN(C(=O)c3ccc(F)c(Cl)c3)C([2H])([2H])C2)nc1. The molecule has 2 aromatic rings. The van der Waals surface area contributed by atoms with Crippen LogP contribution in [0.2, 0.25) is 5.02 Å². The molecule has 3 rings (SSSR count). The molecule has 28 heavy (non-hydrogen) atoms. The standard InChI is InChI=1S/C22H25ClF2N2O/c1-2-16-5-7-18(26-15-16)4-3-9-22(25)10-12-27(13-11-22)21(28)17-6-8-20(24)19(23)14-17/h5-8,14-15H,2-4,9-13H2,1H3/i2D2,4D2,9D2,12D2. The van der Waals surface area contributed by atoms with E-state index in [1.54, 1.807) is 0 Å². The Labute approximate surface area is 181 Å². The Hall–Kier alpha value is -2.01. The lowest BCUT2D eigenvalue weighted by Crippen LogP contribution is -2.44. The van der Waals surface area contributed by atoms with Crippen LogP contribution in [0.25, 0.3) is 0 Å². The molecule has 0 aliphatic carbocycles. The predicted octanol–water partition coefficient (Wildman–Crippen LogP) is 5.40. The molecule has 150 valence electrons. The first-order valence-electron chi connectivity index (χ1n) is 12.7. The molecule has 1 aliphatic heterocycles. The fraction of sp³-hybridized carbons (Fsp3) is 0.455. The lowest BCUT2D eigenvalue weighted by Gasteiger charge is -2.36. The number of piperidine rings is 1. The molecule has 3 nitrogen and oxygen atoms in total. The van der Waals surface area contributed by atoms with Crippen molar-refractivity contribution in [1.29, 1.82) is 0 Å².